The summed E-state index contributed by atoms with van der Waals surface area (Å²) in [6, 6.07) is 4.72. The smallest absolute Gasteiger partial charge is 0.319 e. The highest BCUT2D eigenvalue weighted by molar-refractivity contribution is 6.34. The summed E-state index contributed by atoms with van der Waals surface area (Å²) in [5.74, 6) is -0.117. The molecular weight excluding hydrogens is 363 g/mol. The van der Waals surface area contributed by atoms with Crippen LogP contribution in [0.2, 0.25) is 5.02 Å². The summed E-state index contributed by atoms with van der Waals surface area (Å²) < 4.78 is 0. The predicted octanol–water partition coefficient (Wildman–Crippen LogP) is 3.12. The molecule has 1 aliphatic heterocycles. The van der Waals surface area contributed by atoms with Crippen LogP contribution in [0.25, 0.3) is 0 Å². The number of rotatable bonds is 2. The van der Waals surface area contributed by atoms with Crippen molar-refractivity contribution in [1.29, 1.82) is 0 Å². The number of piperazine rings is 1. The summed E-state index contributed by atoms with van der Waals surface area (Å²) in [4.78, 5) is 26.6. The highest BCUT2D eigenvalue weighted by atomic mass is 35.5. The van der Waals surface area contributed by atoms with E-state index in [-0.39, 0.29) is 35.9 Å². The van der Waals surface area contributed by atoms with Crippen LogP contribution in [0.3, 0.4) is 0 Å². The summed E-state index contributed by atoms with van der Waals surface area (Å²) in [6.45, 7) is 9.85. The average Bonchev–Trinajstić information content (AvgIpc) is 2.47. The van der Waals surface area contributed by atoms with Gasteiger partial charge in [0.25, 0.3) is 5.91 Å². The van der Waals surface area contributed by atoms with Crippen LogP contribution in [0.1, 0.15) is 38.1 Å². The lowest BCUT2D eigenvalue weighted by atomic mass is 10.1. The number of nitrogens with one attached hydrogen (secondary N) is 3. The molecule has 140 valence electrons. The van der Waals surface area contributed by atoms with E-state index < -0.39 is 0 Å². The molecule has 1 atom stereocenters. The molecule has 0 radical (unpaired) electrons. The van der Waals surface area contributed by atoms with E-state index in [0.29, 0.717) is 22.8 Å². The van der Waals surface area contributed by atoms with E-state index in [0.717, 1.165) is 13.1 Å². The van der Waals surface area contributed by atoms with Gasteiger partial charge in [-0.2, -0.15) is 0 Å². The third-order valence-electron chi connectivity index (χ3n) is 3.71. The second kappa shape index (κ2) is 8.74. The molecule has 25 heavy (non-hydrogen) atoms. The van der Waals surface area contributed by atoms with Crippen LogP contribution in [-0.2, 0) is 0 Å². The van der Waals surface area contributed by atoms with Crippen molar-refractivity contribution >= 4 is 41.6 Å². The Labute approximate surface area is 160 Å². The first kappa shape index (κ1) is 21.5. The lowest BCUT2D eigenvalue weighted by Gasteiger charge is -2.34. The van der Waals surface area contributed by atoms with Gasteiger partial charge in [0.15, 0.2) is 0 Å². The molecule has 1 unspecified atom stereocenters. The van der Waals surface area contributed by atoms with Gasteiger partial charge in [-0.05, 0) is 45.9 Å². The van der Waals surface area contributed by atoms with Crippen molar-refractivity contribution in [3.8, 4) is 0 Å². The monoisotopic (exact) mass is 388 g/mol. The zero-order valence-electron chi connectivity index (χ0n) is 15.0. The molecule has 8 heteroatoms. The SMILES string of the molecule is CC1CNCCN1C(=O)c1cc(NC(=O)NC(C)(C)C)ccc1Cl.Cl. The zero-order valence-corrected chi connectivity index (χ0v) is 16.6. The first-order valence-corrected chi connectivity index (χ1v) is 8.45. The number of benzene rings is 1. The number of urea groups is 1. The highest BCUT2D eigenvalue weighted by Crippen LogP contribution is 2.23. The average molecular weight is 389 g/mol. The van der Waals surface area contributed by atoms with Gasteiger partial charge in [0.05, 0.1) is 10.6 Å². The number of anilines is 1. The minimum absolute atomic E-state index is 0. The predicted molar refractivity (Wildman–Crippen MR) is 104 cm³/mol. The lowest BCUT2D eigenvalue weighted by molar-refractivity contribution is 0.0656. The maximum absolute atomic E-state index is 12.8. The maximum Gasteiger partial charge on any atom is 0.319 e. The van der Waals surface area contributed by atoms with Gasteiger partial charge in [0.1, 0.15) is 0 Å². The van der Waals surface area contributed by atoms with Crippen molar-refractivity contribution in [2.75, 3.05) is 25.0 Å². The molecule has 2 rings (SSSR count). The summed E-state index contributed by atoms with van der Waals surface area (Å²) in [6.07, 6.45) is 0. The number of amides is 3. The number of hydrogen-bond donors (Lipinski definition) is 3. The topological polar surface area (TPSA) is 73.5 Å². The minimum atomic E-state index is -0.342. The largest absolute Gasteiger partial charge is 0.333 e. The van der Waals surface area contributed by atoms with E-state index in [9.17, 15) is 9.59 Å². The van der Waals surface area contributed by atoms with Crippen molar-refractivity contribution in [3.05, 3.63) is 28.8 Å². The molecule has 1 aromatic rings. The Kier molecular flexibility index (Phi) is 7.53. The molecule has 0 aliphatic carbocycles. The Balaban J connectivity index is 0.00000312. The van der Waals surface area contributed by atoms with Gasteiger partial charge < -0.3 is 20.9 Å². The van der Waals surface area contributed by atoms with Crippen LogP contribution in [0, 0.1) is 0 Å². The number of nitrogens with zero attached hydrogens (tertiary/aromatic N) is 1. The van der Waals surface area contributed by atoms with E-state index in [1.807, 2.05) is 27.7 Å². The third-order valence-corrected chi connectivity index (χ3v) is 4.03. The number of halogens is 2. The quantitative estimate of drug-likeness (QED) is 0.728. The zero-order chi connectivity index (χ0) is 17.9. The third kappa shape index (κ3) is 6.06. The maximum atomic E-state index is 12.8. The van der Waals surface area contributed by atoms with Gasteiger partial charge in [-0.15, -0.1) is 12.4 Å². The fourth-order valence-corrected chi connectivity index (χ4v) is 2.77. The van der Waals surface area contributed by atoms with Crippen molar-refractivity contribution < 1.29 is 9.59 Å². The number of carbonyl (C=O) groups is 2. The van der Waals surface area contributed by atoms with E-state index in [1.54, 1.807) is 23.1 Å². The van der Waals surface area contributed by atoms with Crippen molar-refractivity contribution in [3.63, 3.8) is 0 Å². The van der Waals surface area contributed by atoms with E-state index in [2.05, 4.69) is 16.0 Å². The first-order chi connectivity index (χ1) is 11.2. The molecule has 3 amide bonds. The highest BCUT2D eigenvalue weighted by Gasteiger charge is 2.26. The van der Waals surface area contributed by atoms with Gasteiger partial charge in [-0.3, -0.25) is 4.79 Å². The Morgan fingerprint density at radius 1 is 1.32 bits per heavy atom. The first-order valence-electron chi connectivity index (χ1n) is 8.08. The molecule has 0 spiro atoms. The van der Waals surface area contributed by atoms with Crippen LogP contribution < -0.4 is 16.0 Å². The normalized spacial score (nSPS) is 17.5. The van der Waals surface area contributed by atoms with E-state index >= 15 is 0 Å². The Bertz CT molecular complexity index is 632. The van der Waals surface area contributed by atoms with Crippen molar-refractivity contribution in [1.82, 2.24) is 15.5 Å². The second-order valence-corrected chi connectivity index (χ2v) is 7.48. The van der Waals surface area contributed by atoms with Crippen LogP contribution >= 0.6 is 24.0 Å². The van der Waals surface area contributed by atoms with Gasteiger partial charge in [-0.1, -0.05) is 11.6 Å². The summed E-state index contributed by atoms with van der Waals surface area (Å²) >= 11 is 6.21. The second-order valence-electron chi connectivity index (χ2n) is 7.08. The van der Waals surface area contributed by atoms with E-state index in [4.69, 9.17) is 11.6 Å². The van der Waals surface area contributed by atoms with Crippen LogP contribution in [0.4, 0.5) is 10.5 Å². The van der Waals surface area contributed by atoms with Gasteiger partial charge >= 0.3 is 6.03 Å². The van der Waals surface area contributed by atoms with Crippen molar-refractivity contribution in [2.45, 2.75) is 39.3 Å². The van der Waals surface area contributed by atoms with Gasteiger partial charge in [0, 0.05) is 36.9 Å². The van der Waals surface area contributed by atoms with Crippen LogP contribution in [-0.4, -0.2) is 48.1 Å². The summed E-state index contributed by atoms with van der Waals surface area (Å²) in [7, 11) is 0. The molecule has 1 fully saturated rings. The molecule has 0 aromatic heterocycles. The molecule has 1 saturated heterocycles. The van der Waals surface area contributed by atoms with Crippen LogP contribution in [0.15, 0.2) is 18.2 Å². The van der Waals surface area contributed by atoms with Gasteiger partial charge in [0.2, 0.25) is 0 Å². The Morgan fingerprint density at radius 2 is 2.00 bits per heavy atom. The molecule has 3 N–H and O–H groups in total. The molecular formula is C17H26Cl2N4O2. The summed E-state index contributed by atoms with van der Waals surface area (Å²) in [5, 5.41) is 9.19. The fraction of sp³-hybridized carbons (Fsp3) is 0.529. The Morgan fingerprint density at radius 3 is 2.60 bits per heavy atom. The Hall–Kier alpha value is -1.50. The molecule has 1 aliphatic rings. The van der Waals surface area contributed by atoms with Crippen LogP contribution in [0.5, 0.6) is 0 Å². The van der Waals surface area contributed by atoms with Gasteiger partial charge in [-0.25, -0.2) is 4.79 Å². The molecule has 0 bridgehead atoms. The standard InChI is InChI=1S/C17H25ClN4O2.ClH/c1-11-10-19-7-8-22(11)15(23)13-9-12(5-6-14(13)18)20-16(24)21-17(2,3)4;/h5-6,9,11,19H,7-8,10H2,1-4H3,(H2,20,21,24);1H. The molecule has 1 heterocycles. The number of carbonyl (C=O) groups excluding carboxylic acids is 2. The van der Waals surface area contributed by atoms with Crippen molar-refractivity contribution in [2.24, 2.45) is 0 Å². The van der Waals surface area contributed by atoms with E-state index in [1.165, 1.54) is 0 Å². The molecule has 0 saturated carbocycles. The summed E-state index contributed by atoms with van der Waals surface area (Å²) in [5.41, 5.74) is 0.594. The fourth-order valence-electron chi connectivity index (χ4n) is 2.57. The number of hydrogen-bond acceptors (Lipinski definition) is 3. The molecule has 1 aromatic carbocycles. The minimum Gasteiger partial charge on any atom is -0.333 e. The lowest BCUT2D eigenvalue weighted by Crippen LogP contribution is -2.52. The molecule has 6 nitrogen and oxygen atoms in total.